The van der Waals surface area contributed by atoms with Crippen LogP contribution < -0.4 is 0 Å². The van der Waals surface area contributed by atoms with E-state index in [2.05, 4.69) is 0 Å². The molecule has 0 spiro atoms. The minimum absolute atomic E-state index is 0.00748. The molecule has 7 heteroatoms. The van der Waals surface area contributed by atoms with Gasteiger partial charge in [-0.25, -0.2) is 0 Å². The zero-order valence-corrected chi connectivity index (χ0v) is 14.2. The van der Waals surface area contributed by atoms with Crippen LogP contribution in [0.3, 0.4) is 0 Å². The highest BCUT2D eigenvalue weighted by Gasteiger charge is 2.72. The summed E-state index contributed by atoms with van der Waals surface area (Å²) in [4.78, 5) is 11.4. The summed E-state index contributed by atoms with van der Waals surface area (Å²) in [5.74, 6) is -5.94. The molecule has 0 radical (unpaired) electrons. The molecule has 0 unspecified atom stereocenters. The standard InChI is InChI=1S/C18H22F2O5/c1-12(21)24-14-9-6-10-17(22-2)18(19,20)16(15(14)25-17)23-11-13-7-4-3-5-8-13/h3-5,7-8,14-16H,6,9-11H2,1-2H3/t14-,15+,16+,17-/m0/s1. The van der Waals surface area contributed by atoms with Crippen molar-refractivity contribution >= 4 is 5.97 Å². The summed E-state index contributed by atoms with van der Waals surface area (Å²) in [6.07, 6.45) is -2.58. The third-order valence-electron chi connectivity index (χ3n) is 4.77. The molecule has 2 aliphatic rings. The summed E-state index contributed by atoms with van der Waals surface area (Å²) < 4.78 is 51.7. The molecule has 1 aromatic rings. The number of carbonyl (C=O) groups is 1. The Balaban J connectivity index is 1.86. The third kappa shape index (κ3) is 3.28. The number of alkyl halides is 2. The molecule has 3 rings (SSSR count). The van der Waals surface area contributed by atoms with Crippen molar-refractivity contribution in [1.29, 1.82) is 0 Å². The Morgan fingerprint density at radius 2 is 2.04 bits per heavy atom. The quantitative estimate of drug-likeness (QED) is 0.759. The van der Waals surface area contributed by atoms with Gasteiger partial charge in [-0.3, -0.25) is 4.79 Å². The van der Waals surface area contributed by atoms with E-state index in [9.17, 15) is 4.79 Å². The monoisotopic (exact) mass is 356 g/mol. The van der Waals surface area contributed by atoms with Crippen molar-refractivity contribution in [3.8, 4) is 0 Å². The average molecular weight is 356 g/mol. The maximum atomic E-state index is 15.1. The predicted octanol–water partition coefficient (Wildman–Crippen LogP) is 3.06. The molecule has 0 amide bonds. The minimum atomic E-state index is -3.36. The number of hydrogen-bond acceptors (Lipinski definition) is 5. The first-order valence-corrected chi connectivity index (χ1v) is 8.33. The molecule has 138 valence electrons. The van der Waals surface area contributed by atoms with Crippen molar-refractivity contribution in [3.05, 3.63) is 35.9 Å². The largest absolute Gasteiger partial charge is 0.460 e. The van der Waals surface area contributed by atoms with Crippen molar-refractivity contribution in [2.75, 3.05) is 7.11 Å². The molecule has 2 fully saturated rings. The van der Waals surface area contributed by atoms with Crippen molar-refractivity contribution in [2.45, 2.75) is 62.8 Å². The van der Waals surface area contributed by atoms with Crippen LogP contribution in [0.5, 0.6) is 0 Å². The van der Waals surface area contributed by atoms with Crippen LogP contribution in [0.25, 0.3) is 0 Å². The van der Waals surface area contributed by atoms with Crippen LogP contribution in [0.2, 0.25) is 0 Å². The van der Waals surface area contributed by atoms with E-state index in [1.807, 2.05) is 18.2 Å². The number of fused-ring (bicyclic) bond motifs is 2. The molecule has 0 saturated carbocycles. The van der Waals surface area contributed by atoms with E-state index < -0.39 is 36.0 Å². The van der Waals surface area contributed by atoms with Gasteiger partial charge < -0.3 is 18.9 Å². The summed E-state index contributed by atoms with van der Waals surface area (Å²) in [5.41, 5.74) is 0.771. The molecule has 2 saturated heterocycles. The lowest BCUT2D eigenvalue weighted by Gasteiger charge is -2.34. The number of carbonyl (C=O) groups excluding carboxylic acids is 1. The Bertz CT molecular complexity index is 609. The number of ether oxygens (including phenoxy) is 4. The fourth-order valence-corrected chi connectivity index (χ4v) is 3.57. The number of benzene rings is 1. The van der Waals surface area contributed by atoms with Crippen LogP contribution in [0.1, 0.15) is 31.7 Å². The first-order chi connectivity index (χ1) is 11.9. The number of hydrogen-bond donors (Lipinski definition) is 0. The minimum Gasteiger partial charge on any atom is -0.460 e. The highest BCUT2D eigenvalue weighted by atomic mass is 19.3. The Kier molecular flexibility index (Phi) is 5.09. The number of halogens is 2. The van der Waals surface area contributed by atoms with Gasteiger partial charge in [0.25, 0.3) is 0 Å². The van der Waals surface area contributed by atoms with Gasteiger partial charge in [0.15, 0.2) is 6.10 Å². The van der Waals surface area contributed by atoms with E-state index in [1.54, 1.807) is 12.1 Å². The second-order valence-corrected chi connectivity index (χ2v) is 6.42. The SMILES string of the molecule is CO[C@@]12CCC[C@H](OC(C)=O)[C@@H](O1)[C@@H](OCc1ccccc1)C2(F)F. The smallest absolute Gasteiger partial charge is 0.328 e. The van der Waals surface area contributed by atoms with E-state index in [1.165, 1.54) is 14.0 Å². The molecule has 0 aliphatic carbocycles. The Morgan fingerprint density at radius 1 is 1.32 bits per heavy atom. The normalized spacial score (nSPS) is 33.7. The van der Waals surface area contributed by atoms with Crippen LogP contribution in [0.15, 0.2) is 30.3 Å². The van der Waals surface area contributed by atoms with Crippen LogP contribution in [0.4, 0.5) is 8.78 Å². The van der Waals surface area contributed by atoms with Gasteiger partial charge >= 0.3 is 11.9 Å². The van der Waals surface area contributed by atoms with Crippen molar-refractivity contribution < 1.29 is 32.5 Å². The molecule has 1 aromatic carbocycles. The summed E-state index contributed by atoms with van der Waals surface area (Å²) in [6.45, 7) is 1.26. The van der Waals surface area contributed by atoms with Gasteiger partial charge in [-0.05, 0) is 18.4 Å². The van der Waals surface area contributed by atoms with Crippen molar-refractivity contribution in [2.24, 2.45) is 0 Å². The second-order valence-electron chi connectivity index (χ2n) is 6.42. The molecule has 25 heavy (non-hydrogen) atoms. The van der Waals surface area contributed by atoms with Gasteiger partial charge in [0.05, 0.1) is 6.61 Å². The molecule has 4 atom stereocenters. The van der Waals surface area contributed by atoms with E-state index >= 15 is 8.78 Å². The topological polar surface area (TPSA) is 54.0 Å². The van der Waals surface area contributed by atoms with Gasteiger partial charge in [0.1, 0.15) is 12.2 Å². The maximum Gasteiger partial charge on any atom is 0.328 e. The number of esters is 1. The highest BCUT2D eigenvalue weighted by molar-refractivity contribution is 5.66. The van der Waals surface area contributed by atoms with Crippen LogP contribution in [-0.2, 0) is 30.3 Å². The molecule has 0 aromatic heterocycles. The molecule has 2 bridgehead atoms. The lowest BCUT2D eigenvalue weighted by molar-refractivity contribution is -0.302. The summed E-state index contributed by atoms with van der Waals surface area (Å²) in [5, 5.41) is 0. The number of methoxy groups -OCH3 is 1. The predicted molar refractivity (Wildman–Crippen MR) is 84.0 cm³/mol. The maximum absolute atomic E-state index is 15.1. The lowest BCUT2D eigenvalue weighted by Crippen LogP contribution is -2.53. The molecule has 2 aliphatic heterocycles. The van der Waals surface area contributed by atoms with Gasteiger partial charge in [-0.15, -0.1) is 0 Å². The summed E-state index contributed by atoms with van der Waals surface area (Å²) >= 11 is 0. The van der Waals surface area contributed by atoms with Gasteiger partial charge in [-0.2, -0.15) is 8.78 Å². The van der Waals surface area contributed by atoms with E-state index in [0.717, 1.165) is 5.56 Å². The van der Waals surface area contributed by atoms with E-state index in [0.29, 0.717) is 12.8 Å². The molecule has 0 N–H and O–H groups in total. The molecule has 5 nitrogen and oxygen atoms in total. The Morgan fingerprint density at radius 3 is 2.68 bits per heavy atom. The van der Waals surface area contributed by atoms with Crippen molar-refractivity contribution in [1.82, 2.24) is 0 Å². The molecular formula is C18H22F2O5. The summed E-state index contributed by atoms with van der Waals surface area (Å²) in [6, 6.07) is 9.04. The van der Waals surface area contributed by atoms with Crippen LogP contribution in [0, 0.1) is 0 Å². The fourth-order valence-electron chi connectivity index (χ4n) is 3.57. The highest BCUT2D eigenvalue weighted by Crippen LogP contribution is 2.52. The Hall–Kier alpha value is -1.57. The molecule has 2 heterocycles. The second kappa shape index (κ2) is 6.97. The van der Waals surface area contributed by atoms with E-state index in [4.69, 9.17) is 18.9 Å². The fraction of sp³-hybridized carbons (Fsp3) is 0.611. The Labute approximate surface area is 145 Å². The number of rotatable bonds is 5. The molecular weight excluding hydrogens is 334 g/mol. The van der Waals surface area contributed by atoms with Gasteiger partial charge in [-0.1, -0.05) is 30.3 Å². The average Bonchev–Trinajstić information content (AvgIpc) is 2.69. The van der Waals surface area contributed by atoms with Gasteiger partial charge in [0.2, 0.25) is 5.79 Å². The zero-order valence-electron chi connectivity index (χ0n) is 14.2. The van der Waals surface area contributed by atoms with Crippen LogP contribution in [-0.4, -0.2) is 43.1 Å². The van der Waals surface area contributed by atoms with Gasteiger partial charge in [0, 0.05) is 20.5 Å². The third-order valence-corrected chi connectivity index (χ3v) is 4.77. The van der Waals surface area contributed by atoms with Crippen LogP contribution >= 0.6 is 0 Å². The summed E-state index contributed by atoms with van der Waals surface area (Å²) in [7, 11) is 1.21. The zero-order chi connectivity index (χ0) is 18.1. The van der Waals surface area contributed by atoms with E-state index in [-0.39, 0.29) is 13.0 Å². The first-order valence-electron chi connectivity index (χ1n) is 8.33. The lowest BCUT2D eigenvalue weighted by atomic mass is 9.91. The first kappa shape index (κ1) is 18.2. The van der Waals surface area contributed by atoms with Crippen molar-refractivity contribution in [3.63, 3.8) is 0 Å².